The summed E-state index contributed by atoms with van der Waals surface area (Å²) in [6, 6.07) is 10.7. The molecule has 0 aliphatic rings. The van der Waals surface area contributed by atoms with Crippen molar-refractivity contribution in [1.82, 2.24) is 0 Å². The Morgan fingerprint density at radius 2 is 1.62 bits per heavy atom. The summed E-state index contributed by atoms with van der Waals surface area (Å²) in [4.78, 5) is 0. The lowest BCUT2D eigenvalue weighted by molar-refractivity contribution is -0.870. The molecule has 0 unspecified atom stereocenters. The summed E-state index contributed by atoms with van der Waals surface area (Å²) in [6.45, 7) is 1.24. The van der Waals surface area contributed by atoms with Crippen LogP contribution in [0.3, 0.4) is 0 Å². The average molecular weight is 178 g/mol. The van der Waals surface area contributed by atoms with E-state index in [0.29, 0.717) is 0 Å². The van der Waals surface area contributed by atoms with E-state index in [2.05, 4.69) is 51.5 Å². The number of aryl methyl sites for hydroxylation is 1. The number of rotatable bonds is 4. The molecule has 0 aliphatic heterocycles. The van der Waals surface area contributed by atoms with Crippen LogP contribution in [-0.4, -0.2) is 32.2 Å². The molecule has 1 aromatic rings. The molecule has 1 aromatic carbocycles. The summed E-state index contributed by atoms with van der Waals surface area (Å²) in [7, 11) is 6.72. The summed E-state index contributed by atoms with van der Waals surface area (Å²) in [6.07, 6.45) is 2.48. The molecule has 0 N–H and O–H groups in total. The van der Waals surface area contributed by atoms with E-state index in [4.69, 9.17) is 0 Å². The van der Waals surface area contributed by atoms with Gasteiger partial charge in [-0.2, -0.15) is 0 Å². The van der Waals surface area contributed by atoms with Crippen molar-refractivity contribution in [2.24, 2.45) is 0 Å². The monoisotopic (exact) mass is 178 g/mol. The minimum Gasteiger partial charge on any atom is -0.331 e. The van der Waals surface area contributed by atoms with Crippen LogP contribution in [0.1, 0.15) is 12.0 Å². The Balaban J connectivity index is 2.29. The smallest absolute Gasteiger partial charge is 0.0783 e. The minimum absolute atomic E-state index is 1.06. The molecule has 0 heterocycles. The maximum atomic E-state index is 2.24. The molecule has 0 aliphatic carbocycles. The highest BCUT2D eigenvalue weighted by atomic mass is 15.3. The molecular weight excluding hydrogens is 158 g/mol. The van der Waals surface area contributed by atoms with Gasteiger partial charge in [0.15, 0.2) is 0 Å². The first kappa shape index (κ1) is 10.3. The van der Waals surface area contributed by atoms with Crippen LogP contribution >= 0.6 is 0 Å². The number of benzene rings is 1. The molecule has 0 saturated carbocycles. The van der Waals surface area contributed by atoms with Crippen LogP contribution in [0.15, 0.2) is 30.3 Å². The first-order valence-corrected chi connectivity index (χ1v) is 4.92. The van der Waals surface area contributed by atoms with E-state index in [1.54, 1.807) is 0 Å². The second kappa shape index (κ2) is 4.43. The fraction of sp³-hybridized carbons (Fsp3) is 0.500. The van der Waals surface area contributed by atoms with E-state index >= 15 is 0 Å². The first-order chi connectivity index (χ1) is 6.08. The van der Waals surface area contributed by atoms with Gasteiger partial charge in [-0.3, -0.25) is 0 Å². The Hall–Kier alpha value is -0.820. The highest BCUT2D eigenvalue weighted by Crippen LogP contribution is 2.04. The molecule has 0 radical (unpaired) electrons. The Morgan fingerprint density at radius 3 is 2.15 bits per heavy atom. The molecule has 13 heavy (non-hydrogen) atoms. The zero-order chi connectivity index (χ0) is 9.73. The van der Waals surface area contributed by atoms with Gasteiger partial charge in [0, 0.05) is 6.42 Å². The van der Waals surface area contributed by atoms with Gasteiger partial charge < -0.3 is 4.48 Å². The minimum atomic E-state index is 1.06. The van der Waals surface area contributed by atoms with Crippen LogP contribution in [0.4, 0.5) is 0 Å². The van der Waals surface area contributed by atoms with Crippen LogP contribution in [0.25, 0.3) is 0 Å². The first-order valence-electron chi connectivity index (χ1n) is 4.92. The Bertz CT molecular complexity index is 233. The van der Waals surface area contributed by atoms with Crippen molar-refractivity contribution in [3.63, 3.8) is 0 Å². The zero-order valence-electron chi connectivity index (χ0n) is 8.96. The van der Waals surface area contributed by atoms with Gasteiger partial charge in [0.1, 0.15) is 0 Å². The van der Waals surface area contributed by atoms with Crippen molar-refractivity contribution in [1.29, 1.82) is 0 Å². The summed E-state index contributed by atoms with van der Waals surface area (Å²) >= 11 is 0. The molecule has 72 valence electrons. The Morgan fingerprint density at radius 1 is 1.00 bits per heavy atom. The van der Waals surface area contributed by atoms with Gasteiger partial charge in [-0.15, -0.1) is 0 Å². The molecule has 0 fully saturated rings. The van der Waals surface area contributed by atoms with Crippen molar-refractivity contribution in [3.8, 4) is 0 Å². The Kier molecular flexibility index (Phi) is 3.49. The van der Waals surface area contributed by atoms with E-state index in [-0.39, 0.29) is 0 Å². The maximum Gasteiger partial charge on any atom is 0.0783 e. The Labute approximate surface area is 81.6 Å². The van der Waals surface area contributed by atoms with Gasteiger partial charge in [-0.25, -0.2) is 0 Å². The van der Waals surface area contributed by atoms with Crippen LogP contribution in [0.2, 0.25) is 0 Å². The molecule has 0 aromatic heterocycles. The fourth-order valence-electron chi connectivity index (χ4n) is 1.40. The van der Waals surface area contributed by atoms with Gasteiger partial charge in [0.05, 0.1) is 27.7 Å². The number of hydrogen-bond acceptors (Lipinski definition) is 0. The number of nitrogens with zero attached hydrogens (tertiary/aromatic N) is 1. The molecule has 1 rings (SSSR count). The van der Waals surface area contributed by atoms with E-state index < -0.39 is 0 Å². The van der Waals surface area contributed by atoms with Crippen molar-refractivity contribution in [2.45, 2.75) is 12.8 Å². The van der Waals surface area contributed by atoms with Crippen LogP contribution in [-0.2, 0) is 6.42 Å². The summed E-state index contributed by atoms with van der Waals surface area (Å²) in [5, 5.41) is 0. The normalized spacial score (nSPS) is 11.6. The van der Waals surface area contributed by atoms with Gasteiger partial charge in [-0.1, -0.05) is 30.3 Å². The van der Waals surface area contributed by atoms with Gasteiger partial charge in [-0.05, 0) is 12.0 Å². The average Bonchev–Trinajstić information content (AvgIpc) is 2.04. The second-order valence-electron chi connectivity index (χ2n) is 4.60. The van der Waals surface area contributed by atoms with Crippen molar-refractivity contribution >= 4 is 0 Å². The lowest BCUT2D eigenvalue weighted by Gasteiger charge is -2.23. The van der Waals surface area contributed by atoms with Gasteiger partial charge in [0.2, 0.25) is 0 Å². The van der Waals surface area contributed by atoms with Crippen molar-refractivity contribution in [2.75, 3.05) is 27.7 Å². The fourth-order valence-corrected chi connectivity index (χ4v) is 1.40. The molecule has 0 amide bonds. The predicted octanol–water partition coefficient (Wildman–Crippen LogP) is 2.33. The molecule has 1 heteroatoms. The summed E-state index contributed by atoms with van der Waals surface area (Å²) in [5.41, 5.74) is 1.45. The molecule has 0 spiro atoms. The molecule has 0 bridgehead atoms. The highest BCUT2D eigenvalue weighted by Gasteiger charge is 2.05. The van der Waals surface area contributed by atoms with E-state index in [1.165, 1.54) is 24.9 Å². The third-order valence-electron chi connectivity index (χ3n) is 2.14. The predicted molar refractivity (Wildman–Crippen MR) is 57.7 cm³/mol. The second-order valence-corrected chi connectivity index (χ2v) is 4.60. The van der Waals surface area contributed by atoms with Crippen LogP contribution in [0.5, 0.6) is 0 Å². The van der Waals surface area contributed by atoms with Crippen molar-refractivity contribution in [3.05, 3.63) is 35.9 Å². The van der Waals surface area contributed by atoms with Gasteiger partial charge in [0.25, 0.3) is 0 Å². The number of hydrogen-bond donors (Lipinski definition) is 0. The van der Waals surface area contributed by atoms with E-state index in [0.717, 1.165) is 4.48 Å². The largest absolute Gasteiger partial charge is 0.331 e. The molecule has 0 atom stereocenters. The van der Waals surface area contributed by atoms with E-state index in [1.807, 2.05) is 0 Å². The highest BCUT2D eigenvalue weighted by molar-refractivity contribution is 5.14. The standard InChI is InChI=1S/C12H20N/c1-13(2,3)11-7-10-12-8-5-4-6-9-12/h4-6,8-9H,7,10-11H2,1-3H3/q+1. The lowest BCUT2D eigenvalue weighted by atomic mass is 10.1. The number of quaternary nitrogens is 1. The lowest BCUT2D eigenvalue weighted by Crippen LogP contribution is -2.35. The quantitative estimate of drug-likeness (QED) is 0.621. The zero-order valence-corrected chi connectivity index (χ0v) is 8.96. The third kappa shape index (κ3) is 4.69. The maximum absolute atomic E-state index is 2.24. The van der Waals surface area contributed by atoms with Gasteiger partial charge >= 0.3 is 0 Å². The molecule has 1 nitrogen and oxygen atoms in total. The SMILES string of the molecule is C[N+](C)(C)CCCc1ccccc1. The topological polar surface area (TPSA) is 0 Å². The summed E-state index contributed by atoms with van der Waals surface area (Å²) in [5.74, 6) is 0. The van der Waals surface area contributed by atoms with E-state index in [9.17, 15) is 0 Å². The van der Waals surface area contributed by atoms with Crippen LogP contribution < -0.4 is 0 Å². The van der Waals surface area contributed by atoms with Crippen LogP contribution in [0, 0.1) is 0 Å². The molecular formula is C12H20N+. The van der Waals surface area contributed by atoms with Crippen molar-refractivity contribution < 1.29 is 4.48 Å². The molecule has 0 saturated heterocycles. The summed E-state index contributed by atoms with van der Waals surface area (Å²) < 4.78 is 1.06. The third-order valence-corrected chi connectivity index (χ3v) is 2.14.